The Hall–Kier alpha value is -0.880. The molecule has 0 amide bonds. The number of aliphatic hydroxyl groups is 1. The lowest BCUT2D eigenvalue weighted by Gasteiger charge is -2.26. The Kier molecular flexibility index (Phi) is 4.07. The fourth-order valence-corrected chi connectivity index (χ4v) is 3.05. The zero-order valence-corrected chi connectivity index (χ0v) is 11.4. The summed E-state index contributed by atoms with van der Waals surface area (Å²) in [7, 11) is -3.21. The average molecular weight is 272 g/mol. The second-order valence-corrected chi connectivity index (χ2v) is 7.15. The number of rotatable bonds is 4. The third-order valence-corrected chi connectivity index (χ3v) is 4.67. The molecular formula is C12H20N2O3S. The van der Waals surface area contributed by atoms with Crippen LogP contribution < -0.4 is 0 Å². The minimum Gasteiger partial charge on any atom is -0.391 e. The van der Waals surface area contributed by atoms with Crippen LogP contribution in [0, 0.1) is 5.92 Å². The van der Waals surface area contributed by atoms with E-state index in [0.717, 1.165) is 19.1 Å². The zero-order valence-electron chi connectivity index (χ0n) is 10.6. The molecule has 1 unspecified atom stereocenters. The number of aliphatic hydroxyl groups excluding tert-OH is 1. The quantitative estimate of drug-likeness (QED) is 0.894. The van der Waals surface area contributed by atoms with Crippen LogP contribution in [-0.2, 0) is 16.4 Å². The molecule has 0 saturated heterocycles. The largest absolute Gasteiger partial charge is 0.391 e. The Bertz CT molecular complexity index is 489. The molecule has 18 heavy (non-hydrogen) atoms. The maximum atomic E-state index is 11.3. The first-order valence-corrected chi connectivity index (χ1v) is 8.26. The smallest absolute Gasteiger partial charge is 0.178 e. The minimum absolute atomic E-state index is 0.207. The zero-order chi connectivity index (χ0) is 13.2. The second kappa shape index (κ2) is 5.40. The lowest BCUT2D eigenvalue weighted by atomic mass is 9.85. The van der Waals surface area contributed by atoms with E-state index in [4.69, 9.17) is 0 Å². The fraction of sp³-hybridized carbons (Fsp3) is 0.750. The molecule has 1 aromatic heterocycles. The Morgan fingerprint density at radius 2 is 2.11 bits per heavy atom. The van der Waals surface area contributed by atoms with Crippen molar-refractivity contribution in [1.82, 2.24) is 9.78 Å². The van der Waals surface area contributed by atoms with Crippen molar-refractivity contribution in [3.8, 4) is 0 Å². The molecule has 0 aliphatic heterocycles. The molecule has 1 saturated carbocycles. The van der Waals surface area contributed by atoms with Gasteiger partial charge in [-0.15, -0.1) is 0 Å². The van der Waals surface area contributed by atoms with Crippen LogP contribution in [0.15, 0.2) is 17.3 Å². The topological polar surface area (TPSA) is 72.2 Å². The van der Waals surface area contributed by atoms with Crippen molar-refractivity contribution in [2.75, 3.05) is 6.26 Å². The van der Waals surface area contributed by atoms with Crippen molar-refractivity contribution < 1.29 is 13.5 Å². The van der Waals surface area contributed by atoms with E-state index in [2.05, 4.69) is 5.10 Å². The molecule has 1 fully saturated rings. The molecule has 1 aliphatic carbocycles. The summed E-state index contributed by atoms with van der Waals surface area (Å²) in [5.74, 6) is 0.324. The summed E-state index contributed by atoms with van der Waals surface area (Å²) in [6.07, 6.45) is 9.27. The van der Waals surface area contributed by atoms with Crippen LogP contribution in [0.25, 0.3) is 0 Å². The van der Waals surface area contributed by atoms with Gasteiger partial charge in [-0.2, -0.15) is 5.10 Å². The second-order valence-electron chi connectivity index (χ2n) is 5.14. The van der Waals surface area contributed by atoms with Gasteiger partial charge in [0.15, 0.2) is 9.84 Å². The molecule has 1 aliphatic rings. The van der Waals surface area contributed by atoms with Gasteiger partial charge in [-0.3, -0.25) is 4.68 Å². The van der Waals surface area contributed by atoms with Crippen molar-refractivity contribution in [1.29, 1.82) is 0 Å². The molecule has 1 aromatic rings. The van der Waals surface area contributed by atoms with Gasteiger partial charge in [-0.25, -0.2) is 8.42 Å². The summed E-state index contributed by atoms with van der Waals surface area (Å²) < 4.78 is 24.2. The summed E-state index contributed by atoms with van der Waals surface area (Å²) in [6, 6.07) is 0. The van der Waals surface area contributed by atoms with Crippen molar-refractivity contribution in [3.05, 3.63) is 12.4 Å². The summed E-state index contributed by atoms with van der Waals surface area (Å²) in [5.41, 5.74) is 0. The van der Waals surface area contributed by atoms with E-state index >= 15 is 0 Å². The third-order valence-electron chi connectivity index (χ3n) is 3.61. The predicted octanol–water partition coefficient (Wildman–Crippen LogP) is 1.23. The molecule has 5 nitrogen and oxygen atoms in total. The van der Waals surface area contributed by atoms with Gasteiger partial charge in [0.2, 0.25) is 0 Å². The van der Waals surface area contributed by atoms with E-state index in [-0.39, 0.29) is 4.90 Å². The van der Waals surface area contributed by atoms with Crippen LogP contribution in [0.2, 0.25) is 0 Å². The highest BCUT2D eigenvalue weighted by molar-refractivity contribution is 7.90. The van der Waals surface area contributed by atoms with E-state index in [0.29, 0.717) is 12.5 Å². The Balaban J connectivity index is 1.98. The Morgan fingerprint density at radius 3 is 2.67 bits per heavy atom. The predicted molar refractivity (Wildman–Crippen MR) is 67.9 cm³/mol. The van der Waals surface area contributed by atoms with Crippen LogP contribution in [-0.4, -0.2) is 35.7 Å². The monoisotopic (exact) mass is 272 g/mol. The van der Waals surface area contributed by atoms with Gasteiger partial charge in [0, 0.05) is 12.5 Å². The first kappa shape index (κ1) is 13.5. The van der Waals surface area contributed by atoms with E-state index in [9.17, 15) is 13.5 Å². The first-order valence-electron chi connectivity index (χ1n) is 6.37. The van der Waals surface area contributed by atoms with Crippen molar-refractivity contribution in [3.63, 3.8) is 0 Å². The molecule has 0 radical (unpaired) electrons. The van der Waals surface area contributed by atoms with Crippen molar-refractivity contribution in [2.45, 2.75) is 49.6 Å². The highest BCUT2D eigenvalue weighted by atomic mass is 32.2. The summed E-state index contributed by atoms with van der Waals surface area (Å²) in [5, 5.41) is 14.1. The molecule has 102 valence electrons. The van der Waals surface area contributed by atoms with Crippen LogP contribution in [0.5, 0.6) is 0 Å². The van der Waals surface area contributed by atoms with Crippen LogP contribution in [0.4, 0.5) is 0 Å². The number of aromatic nitrogens is 2. The highest BCUT2D eigenvalue weighted by Crippen LogP contribution is 2.27. The fourth-order valence-electron chi connectivity index (χ4n) is 2.50. The van der Waals surface area contributed by atoms with E-state index in [1.807, 2.05) is 0 Å². The lowest BCUT2D eigenvalue weighted by molar-refractivity contribution is 0.0664. The van der Waals surface area contributed by atoms with Crippen LogP contribution >= 0.6 is 0 Å². The average Bonchev–Trinajstić information content (AvgIpc) is 2.78. The van der Waals surface area contributed by atoms with Crippen LogP contribution in [0.1, 0.15) is 32.1 Å². The maximum Gasteiger partial charge on any atom is 0.178 e. The van der Waals surface area contributed by atoms with E-state index < -0.39 is 15.9 Å². The molecule has 1 heterocycles. The summed E-state index contributed by atoms with van der Waals surface area (Å²) in [4.78, 5) is 0.207. The Labute approximate surface area is 108 Å². The van der Waals surface area contributed by atoms with Gasteiger partial charge < -0.3 is 5.11 Å². The van der Waals surface area contributed by atoms with Crippen LogP contribution in [0.3, 0.4) is 0 Å². The normalized spacial score (nSPS) is 19.9. The standard InChI is InChI=1S/C12H20N2O3S/c1-18(16,17)11-7-13-14(8-11)9-12(15)10-5-3-2-4-6-10/h7-8,10,12,15H,2-6,9H2,1H3. The molecule has 2 rings (SSSR count). The molecule has 6 heteroatoms. The number of hydrogen-bond donors (Lipinski definition) is 1. The molecule has 0 bridgehead atoms. The van der Waals surface area contributed by atoms with E-state index in [1.54, 1.807) is 0 Å². The summed E-state index contributed by atoms with van der Waals surface area (Å²) in [6.45, 7) is 0.375. The van der Waals surface area contributed by atoms with Crippen molar-refractivity contribution in [2.24, 2.45) is 5.92 Å². The Morgan fingerprint density at radius 1 is 1.44 bits per heavy atom. The highest BCUT2D eigenvalue weighted by Gasteiger charge is 2.22. The lowest BCUT2D eigenvalue weighted by Crippen LogP contribution is -2.27. The SMILES string of the molecule is CS(=O)(=O)c1cnn(CC(O)C2CCCCC2)c1. The number of nitrogens with zero attached hydrogens (tertiary/aromatic N) is 2. The number of hydrogen-bond acceptors (Lipinski definition) is 4. The van der Waals surface area contributed by atoms with Gasteiger partial charge in [0.05, 0.1) is 18.8 Å². The van der Waals surface area contributed by atoms with Gasteiger partial charge in [0.25, 0.3) is 0 Å². The molecule has 1 N–H and O–H groups in total. The molecule has 1 atom stereocenters. The molecular weight excluding hydrogens is 252 g/mol. The molecule has 0 aromatic carbocycles. The number of sulfone groups is 1. The third kappa shape index (κ3) is 3.32. The molecule has 0 spiro atoms. The first-order chi connectivity index (χ1) is 8.47. The van der Waals surface area contributed by atoms with Crippen molar-refractivity contribution >= 4 is 9.84 Å². The van der Waals surface area contributed by atoms with Gasteiger partial charge >= 0.3 is 0 Å². The summed E-state index contributed by atoms with van der Waals surface area (Å²) >= 11 is 0. The van der Waals surface area contributed by atoms with Gasteiger partial charge in [-0.1, -0.05) is 19.3 Å². The maximum absolute atomic E-state index is 11.3. The minimum atomic E-state index is -3.21. The van der Waals surface area contributed by atoms with Gasteiger partial charge in [-0.05, 0) is 18.8 Å². The van der Waals surface area contributed by atoms with E-state index in [1.165, 1.54) is 36.3 Å². The van der Waals surface area contributed by atoms with Gasteiger partial charge in [0.1, 0.15) is 4.90 Å².